The zero-order valence-electron chi connectivity index (χ0n) is 79.5. The van der Waals surface area contributed by atoms with Crippen LogP contribution in [0.15, 0.2) is 165 Å². The molecule has 770 valence electrons. The van der Waals surface area contributed by atoms with Gasteiger partial charge in [0.1, 0.15) is 19.0 Å². The van der Waals surface area contributed by atoms with Crippen molar-refractivity contribution in [2.24, 2.45) is 0 Å². The summed E-state index contributed by atoms with van der Waals surface area (Å²) in [5.74, 6) is -1.21. The number of nitrogens with one attached hydrogen (secondary N) is 4. The molecule has 3 amide bonds. The van der Waals surface area contributed by atoms with E-state index in [0.29, 0.717) is 85.6 Å². The number of rotatable bonds is 56. The molecular formula is C100H124Cl8N8O21S4. The topological polar surface area (TPSA) is 349 Å². The monoisotopic (exact) mass is 2180 g/mol. The molecule has 8 aromatic rings. The molecule has 4 heterocycles. The third-order valence-corrected chi connectivity index (χ3v) is 33.3. The maximum absolute atomic E-state index is 13.0. The van der Waals surface area contributed by atoms with Crippen LogP contribution in [-0.4, -0.2) is 294 Å². The Balaban J connectivity index is 0.000000270. The fraction of sp³-hybridized carbons (Fsp3) is 0.480. The van der Waals surface area contributed by atoms with E-state index in [-0.39, 0.29) is 223 Å². The van der Waals surface area contributed by atoms with E-state index in [9.17, 15) is 52.8 Å². The van der Waals surface area contributed by atoms with Crippen LogP contribution in [0.1, 0.15) is 135 Å². The zero-order chi connectivity index (χ0) is 101. The van der Waals surface area contributed by atoms with E-state index < -0.39 is 51.3 Å². The van der Waals surface area contributed by atoms with Crippen LogP contribution >= 0.6 is 92.8 Å². The van der Waals surface area contributed by atoms with Crippen molar-refractivity contribution in [2.75, 3.05) is 217 Å². The zero-order valence-corrected chi connectivity index (χ0v) is 88.8. The quantitative estimate of drug-likeness (QED) is 0.0257. The molecule has 0 bridgehead atoms. The Morgan fingerprint density at radius 1 is 0.298 bits per heavy atom. The first-order valence-electron chi connectivity index (χ1n) is 46.8. The van der Waals surface area contributed by atoms with Crippen LogP contribution in [0, 0.1) is 0 Å². The number of ether oxygens (including phenoxy) is 9. The SMILES string of the molecule is CN1Cc2c(Cl)cc(Cl)cc2C(c2ccc(S(=O)(=O)CCCOCCOCCNC(=O)CCC(=O)CCCOCCOCCNS(=O)(=O)c3ccc(C4CN(C)Cc5c(Cl)cc(Cl)cc54)cc3)cc2)C1.CN1Cc2c(Cl)cc(Cl)cc2C(c2ccc(S(=O)(=O)CCCOCCOCCNC(=O)COCC(=O)NCCOCCOCCCS(=O)(=O)c3ccc(C4CN(C)Cc5c(Cl)cc(Cl)cc54)cc3)cc2)C1. The second-order valence-electron chi connectivity index (χ2n) is 35.1. The summed E-state index contributed by atoms with van der Waals surface area (Å²) in [5, 5.41) is 12.8. The van der Waals surface area contributed by atoms with Crippen molar-refractivity contribution in [3.05, 3.63) is 253 Å². The third kappa shape index (κ3) is 36.2. The molecule has 0 aromatic heterocycles. The number of Topliss-reactive ketones (excluding diaryl/α,β-unsaturated/α-hetero) is 1. The molecule has 0 saturated heterocycles. The summed E-state index contributed by atoms with van der Waals surface area (Å²) in [6, 6.07) is 42.7. The molecule has 0 spiro atoms. The molecule has 0 radical (unpaired) electrons. The van der Waals surface area contributed by atoms with E-state index >= 15 is 0 Å². The number of hydrogen-bond acceptors (Lipinski definition) is 25. The summed E-state index contributed by atoms with van der Waals surface area (Å²) >= 11 is 51.3. The van der Waals surface area contributed by atoms with Crippen molar-refractivity contribution < 1.29 is 95.5 Å². The van der Waals surface area contributed by atoms with Crippen LogP contribution in [0.25, 0.3) is 0 Å². The van der Waals surface area contributed by atoms with Gasteiger partial charge in [0.2, 0.25) is 27.7 Å². The Bertz CT molecular complexity index is 5600. The summed E-state index contributed by atoms with van der Waals surface area (Å²) in [6.07, 6.45) is 1.97. The van der Waals surface area contributed by atoms with E-state index in [2.05, 4.69) is 40.3 Å². The Morgan fingerprint density at radius 3 is 0.844 bits per heavy atom. The maximum atomic E-state index is 13.0. The van der Waals surface area contributed by atoms with Crippen molar-refractivity contribution in [2.45, 2.75) is 114 Å². The Morgan fingerprint density at radius 2 is 0.553 bits per heavy atom. The lowest BCUT2D eigenvalue weighted by atomic mass is 9.85. The molecule has 12 rings (SSSR count). The molecule has 4 atom stereocenters. The molecule has 4 unspecified atom stereocenters. The van der Waals surface area contributed by atoms with Crippen LogP contribution in [0.4, 0.5) is 0 Å². The Labute approximate surface area is 868 Å². The van der Waals surface area contributed by atoms with Gasteiger partial charge in [0.05, 0.1) is 116 Å². The van der Waals surface area contributed by atoms with Gasteiger partial charge in [0, 0.05) is 188 Å². The number of hydrogen-bond donors (Lipinski definition) is 4. The van der Waals surface area contributed by atoms with Crippen LogP contribution in [-0.2, 0) is 128 Å². The highest BCUT2D eigenvalue weighted by Crippen LogP contribution is 2.44. The highest BCUT2D eigenvalue weighted by Gasteiger charge is 2.34. The van der Waals surface area contributed by atoms with E-state index in [1.165, 1.54) is 0 Å². The molecule has 4 aliphatic rings. The predicted octanol–water partition coefficient (Wildman–Crippen LogP) is 14.7. The second kappa shape index (κ2) is 57.1. The lowest BCUT2D eigenvalue weighted by Gasteiger charge is -2.33. The minimum atomic E-state index is -3.74. The number of amides is 3. The average Bonchev–Trinajstić information content (AvgIpc) is 0.784. The minimum Gasteiger partial charge on any atom is -0.379 e. The van der Waals surface area contributed by atoms with Gasteiger partial charge < -0.3 is 78.2 Å². The number of benzene rings is 8. The maximum Gasteiger partial charge on any atom is 0.246 e. The molecule has 41 heteroatoms. The molecule has 141 heavy (non-hydrogen) atoms. The first-order chi connectivity index (χ1) is 67.5. The third-order valence-electron chi connectivity index (χ3n) is 24.2. The molecule has 4 aliphatic heterocycles. The molecule has 8 aromatic carbocycles. The number of nitrogens with zero attached hydrogens (tertiary/aromatic N) is 4. The number of sulfone groups is 3. The van der Waals surface area contributed by atoms with Crippen molar-refractivity contribution in [1.29, 1.82) is 0 Å². The van der Waals surface area contributed by atoms with Gasteiger partial charge in [-0.25, -0.2) is 38.4 Å². The highest BCUT2D eigenvalue weighted by atomic mass is 35.5. The minimum absolute atomic E-state index is 0.000453. The van der Waals surface area contributed by atoms with E-state index in [4.69, 9.17) is 135 Å². The van der Waals surface area contributed by atoms with Gasteiger partial charge in [-0.15, -0.1) is 0 Å². The lowest BCUT2D eigenvalue weighted by molar-refractivity contribution is -0.131. The fourth-order valence-corrected chi connectivity index (χ4v) is 24.3. The number of ketones is 1. The van der Waals surface area contributed by atoms with E-state index in [1.54, 1.807) is 72.8 Å². The van der Waals surface area contributed by atoms with Gasteiger partial charge in [-0.3, -0.25) is 19.2 Å². The van der Waals surface area contributed by atoms with Crippen LogP contribution in [0.5, 0.6) is 0 Å². The van der Waals surface area contributed by atoms with Crippen molar-refractivity contribution in [3.8, 4) is 0 Å². The number of likely N-dealkylation sites (N-methyl/N-ethyl adjacent to an activating group) is 4. The summed E-state index contributed by atoms with van der Waals surface area (Å²) in [6.45, 7) is 10.3. The first kappa shape index (κ1) is 115. The molecule has 29 nitrogen and oxygen atoms in total. The summed E-state index contributed by atoms with van der Waals surface area (Å²) in [7, 11) is -6.16. The van der Waals surface area contributed by atoms with Crippen molar-refractivity contribution >= 4 is 156 Å². The largest absolute Gasteiger partial charge is 0.379 e. The van der Waals surface area contributed by atoms with E-state index in [1.807, 2.05) is 101 Å². The molecule has 0 fully saturated rings. The van der Waals surface area contributed by atoms with Crippen molar-refractivity contribution in [1.82, 2.24) is 40.3 Å². The van der Waals surface area contributed by atoms with Gasteiger partial charge in [-0.2, -0.15) is 0 Å². The number of carbonyl (C=O) groups excluding carboxylic acids is 4. The van der Waals surface area contributed by atoms with Gasteiger partial charge in [0.15, 0.2) is 29.5 Å². The van der Waals surface area contributed by atoms with Crippen LogP contribution in [0.2, 0.25) is 40.2 Å². The number of sulfonamides is 1. The standard InChI is InChI=1S/C50H62Cl4N4O11S2.C50H62Cl4N4O10S2/c1-57-29-43(41-25-37(51)27-47(53)45(41)31-57)35-5-9-39(10-6-35)70(61,62)23-3-15-65-19-21-67-17-13-55-49(59)33-69-34-50(60)56-14-18-68-22-20-66-16-4-24-71(63,64)40-11-7-36(8-12-40)44-30-58(2)32-46-42(44)26-38(52)28-48(46)54;1-57-31-44(42-27-37(51)29-48(53)46(42)33-57)35-6-11-40(12-7-35)69(61,62)26-4-19-66-23-24-67-20-16-55-50(60)15-10-39(59)5-3-18-65-22-25-68-21-17-56-70(63,64)41-13-8-36(9-14-41)45-32-58(2)34-47-43(45)28-38(52)30-49(47)54/h5-12,25-28,43-44H,3-4,13-24,29-34H2,1-2H3,(H,55,59)(H,56,60);6-9,11-14,27-30,44-45,56H,3-5,10,15-26,31-34H2,1-2H3,(H,55,60). The van der Waals surface area contributed by atoms with Crippen molar-refractivity contribution in [3.63, 3.8) is 0 Å². The predicted molar refractivity (Wildman–Crippen MR) is 549 cm³/mol. The molecular weight excluding hydrogens is 2060 g/mol. The summed E-state index contributed by atoms with van der Waals surface area (Å²) in [5.41, 5.74) is 12.3. The number of fused-ring (bicyclic) bond motifs is 4. The summed E-state index contributed by atoms with van der Waals surface area (Å²) in [4.78, 5) is 58.3. The smallest absolute Gasteiger partial charge is 0.246 e. The number of carbonyl (C=O) groups is 4. The highest BCUT2D eigenvalue weighted by molar-refractivity contribution is 7.92. The van der Waals surface area contributed by atoms with E-state index in [0.717, 1.165) is 113 Å². The molecule has 0 aliphatic carbocycles. The van der Waals surface area contributed by atoms with Crippen LogP contribution in [0.3, 0.4) is 0 Å². The lowest BCUT2D eigenvalue weighted by Crippen LogP contribution is -2.34. The first-order valence-corrected chi connectivity index (χ1v) is 56.2. The normalized spacial score (nSPS) is 16.4. The second-order valence-corrected chi connectivity index (χ2v) is 46.6. The van der Waals surface area contributed by atoms with Gasteiger partial charge in [0.25, 0.3) is 0 Å². The average molecular weight is 2190 g/mol. The van der Waals surface area contributed by atoms with Gasteiger partial charge >= 0.3 is 0 Å². The summed E-state index contributed by atoms with van der Waals surface area (Å²) < 4.78 is 156. The number of halogens is 8. The fourth-order valence-electron chi connectivity index (χ4n) is 17.1. The molecule has 4 N–H and O–H groups in total. The van der Waals surface area contributed by atoms with Crippen LogP contribution < -0.4 is 20.7 Å². The van der Waals surface area contributed by atoms with Gasteiger partial charge in [-0.1, -0.05) is 141 Å². The Kier molecular flexibility index (Phi) is 46.4. The van der Waals surface area contributed by atoms with Gasteiger partial charge in [-0.05, 0) is 218 Å². The Hall–Kier alpha value is -6.60. The molecule has 0 saturated carbocycles.